The number of unbranched alkanes of at least 4 members (excludes halogenated alkanes) is 29. The van der Waals surface area contributed by atoms with E-state index in [1.165, 1.54) is 38.5 Å². The molecule has 0 aromatic carbocycles. The molecule has 0 aromatic rings. The lowest BCUT2D eigenvalue weighted by atomic mass is 10.1. The molecule has 0 saturated carbocycles. The molecule has 0 saturated heterocycles. The van der Waals surface area contributed by atoms with Crippen LogP contribution < -0.4 is 0 Å². The van der Waals surface area contributed by atoms with Gasteiger partial charge < -0.3 is 33.8 Å². The number of rotatable bonds is 77. The van der Waals surface area contributed by atoms with Gasteiger partial charge in [-0.1, -0.05) is 283 Å². The Bertz CT molecular complexity index is 2530. The third-order valence-corrected chi connectivity index (χ3v) is 19.0. The summed E-state index contributed by atoms with van der Waals surface area (Å²) in [4.78, 5) is 73.1. The van der Waals surface area contributed by atoms with Gasteiger partial charge in [-0.25, -0.2) is 9.13 Å². The minimum atomic E-state index is -4.99. The van der Waals surface area contributed by atoms with Crippen LogP contribution in [0.15, 0.2) is 134 Å². The van der Waals surface area contributed by atoms with E-state index >= 15 is 0 Å². The second kappa shape index (κ2) is 78.3. The Morgan fingerprint density at radius 2 is 0.509 bits per heavy atom. The van der Waals surface area contributed by atoms with Gasteiger partial charge in [0.1, 0.15) is 19.3 Å². The zero-order chi connectivity index (χ0) is 77.4. The van der Waals surface area contributed by atoms with Crippen LogP contribution in [0.4, 0.5) is 0 Å². The molecule has 0 spiro atoms. The Morgan fingerprint density at radius 1 is 0.274 bits per heavy atom. The van der Waals surface area contributed by atoms with E-state index in [0.717, 1.165) is 218 Å². The number of aliphatic hydroxyl groups is 1. The first-order valence-electron chi connectivity index (χ1n) is 41.4. The van der Waals surface area contributed by atoms with Crippen LogP contribution in [0.1, 0.15) is 336 Å². The van der Waals surface area contributed by atoms with Crippen molar-refractivity contribution in [1.29, 1.82) is 0 Å². The zero-order valence-corrected chi connectivity index (χ0v) is 68.4. The molecule has 0 aliphatic rings. The van der Waals surface area contributed by atoms with Gasteiger partial charge in [0.15, 0.2) is 12.2 Å². The number of carbonyl (C=O) groups is 4. The van der Waals surface area contributed by atoms with Crippen molar-refractivity contribution < 1.29 is 80.2 Å². The normalized spacial score (nSPS) is 14.5. The lowest BCUT2D eigenvalue weighted by Gasteiger charge is -2.21. The molecule has 0 radical (unpaired) electrons. The van der Waals surface area contributed by atoms with Crippen molar-refractivity contribution in [2.75, 3.05) is 39.6 Å². The highest BCUT2D eigenvalue weighted by molar-refractivity contribution is 7.47. The quantitative estimate of drug-likeness (QED) is 0.0169. The van der Waals surface area contributed by atoms with Crippen LogP contribution in [0.5, 0.6) is 0 Å². The molecule has 608 valence electrons. The van der Waals surface area contributed by atoms with Crippen molar-refractivity contribution in [1.82, 2.24) is 0 Å². The summed E-state index contributed by atoms with van der Waals surface area (Å²) < 4.78 is 68.7. The van der Waals surface area contributed by atoms with Crippen LogP contribution in [0.2, 0.25) is 0 Å². The van der Waals surface area contributed by atoms with Crippen LogP contribution in [0.25, 0.3) is 0 Å². The molecule has 0 aromatic heterocycles. The first-order chi connectivity index (χ1) is 51.7. The SMILES string of the molecule is CC/C=C\C/C=C\C/C=C\CCCCCCCC(=O)OC(COC(=O)CCCCCCCC/C=C\C/C=C\C/C=C\CCCCC)COP(=O)(O)OCC(O)COP(=O)(O)OCC(COC(=O)CCCCCCCC/C=C\C/C=C\C/C=C\CCCCC)OC(=O)CCCCCCC/C=C\C/C=C\CCC. The minimum absolute atomic E-state index is 0.0693. The van der Waals surface area contributed by atoms with Crippen molar-refractivity contribution >= 4 is 39.5 Å². The maximum absolute atomic E-state index is 13.1. The minimum Gasteiger partial charge on any atom is -0.462 e. The molecule has 0 aliphatic heterocycles. The standard InChI is InChI=1S/C87H148O17P2/c1-5-9-13-17-21-25-29-33-36-38-40-42-45-48-51-55-59-63-67-71-84(89)97-77-82(103-86(91)73-69-65-61-57-53-47-32-28-24-20-16-12-8-4)79-101-105(93,94)99-75-81(88)76-100-106(95,96)102-80-83(104-87(92)74-70-66-62-58-54-50-44-35-31-27-23-19-15-11-7-3)78-98-85(90)72-68-64-60-56-52-49-46-43-41-39-37-34-30-26-22-18-14-10-6-2/h11,15-16,20-23,25-28,32-37,40-44,81-83,88H,5-10,12-14,17-19,24,29-31,38-39,45-80H2,1-4H3,(H,93,94)(H,95,96)/b15-11-,20-16-,25-21-,26-22-,27-23-,32-28-,36-33-,37-34-,42-40-,43-41-,44-35-. The van der Waals surface area contributed by atoms with Gasteiger partial charge >= 0.3 is 39.5 Å². The molecule has 5 unspecified atom stereocenters. The van der Waals surface area contributed by atoms with E-state index in [-0.39, 0.29) is 25.7 Å². The summed E-state index contributed by atoms with van der Waals surface area (Å²) in [7, 11) is -9.98. The molecule has 3 N–H and O–H groups in total. The highest BCUT2D eigenvalue weighted by Gasteiger charge is 2.30. The Hall–Kier alpha value is -4.80. The van der Waals surface area contributed by atoms with E-state index in [1.54, 1.807) is 0 Å². The molecular weight excluding hydrogens is 1380 g/mol. The molecular formula is C87H148O17P2. The number of carbonyl (C=O) groups excluding carboxylic acids is 4. The Balaban J connectivity index is 5.38. The number of allylic oxidation sites excluding steroid dienone is 22. The van der Waals surface area contributed by atoms with Gasteiger partial charge in [0.2, 0.25) is 0 Å². The van der Waals surface area contributed by atoms with Gasteiger partial charge in [0.05, 0.1) is 26.4 Å². The molecule has 0 amide bonds. The van der Waals surface area contributed by atoms with Crippen LogP contribution in [-0.2, 0) is 65.4 Å². The number of esters is 4. The molecule has 0 fully saturated rings. The maximum Gasteiger partial charge on any atom is 0.472 e. The fourth-order valence-electron chi connectivity index (χ4n) is 10.8. The number of aliphatic hydroxyl groups excluding tert-OH is 1. The predicted molar refractivity (Wildman–Crippen MR) is 436 cm³/mol. The summed E-state index contributed by atoms with van der Waals surface area (Å²) in [5.41, 5.74) is 0. The van der Waals surface area contributed by atoms with E-state index in [0.29, 0.717) is 25.7 Å². The topological polar surface area (TPSA) is 237 Å². The van der Waals surface area contributed by atoms with Crippen LogP contribution >= 0.6 is 15.6 Å². The monoisotopic (exact) mass is 1530 g/mol. The molecule has 19 heteroatoms. The van der Waals surface area contributed by atoms with Gasteiger partial charge in [-0.05, 0) is 161 Å². The smallest absolute Gasteiger partial charge is 0.462 e. The second-order valence-electron chi connectivity index (χ2n) is 27.3. The van der Waals surface area contributed by atoms with Gasteiger partial charge in [-0.15, -0.1) is 0 Å². The van der Waals surface area contributed by atoms with E-state index in [2.05, 4.69) is 161 Å². The number of phosphoric ester groups is 2. The van der Waals surface area contributed by atoms with E-state index in [9.17, 15) is 43.2 Å². The lowest BCUT2D eigenvalue weighted by Crippen LogP contribution is -2.30. The van der Waals surface area contributed by atoms with Crippen LogP contribution in [0, 0.1) is 0 Å². The summed E-state index contributed by atoms with van der Waals surface area (Å²) in [6, 6.07) is 0. The van der Waals surface area contributed by atoms with E-state index < -0.39 is 97.5 Å². The third kappa shape index (κ3) is 77.4. The van der Waals surface area contributed by atoms with Gasteiger partial charge in [-0.3, -0.25) is 37.3 Å². The number of phosphoric acid groups is 2. The molecule has 106 heavy (non-hydrogen) atoms. The summed E-state index contributed by atoms with van der Waals surface area (Å²) >= 11 is 0. The molecule has 17 nitrogen and oxygen atoms in total. The maximum atomic E-state index is 13.1. The lowest BCUT2D eigenvalue weighted by molar-refractivity contribution is -0.161. The predicted octanol–water partition coefficient (Wildman–Crippen LogP) is 24.4. The number of hydrogen-bond acceptors (Lipinski definition) is 15. The summed E-state index contributed by atoms with van der Waals surface area (Å²) in [6.45, 7) is 4.60. The second-order valence-corrected chi connectivity index (χ2v) is 30.2. The van der Waals surface area contributed by atoms with E-state index in [4.69, 9.17) is 37.0 Å². The Kier molecular flexibility index (Phi) is 74.8. The van der Waals surface area contributed by atoms with Gasteiger partial charge in [0.25, 0.3) is 0 Å². The van der Waals surface area contributed by atoms with Crippen molar-refractivity contribution in [3.8, 4) is 0 Å². The molecule has 5 atom stereocenters. The highest BCUT2D eigenvalue weighted by Crippen LogP contribution is 2.45. The van der Waals surface area contributed by atoms with Crippen LogP contribution in [-0.4, -0.2) is 96.7 Å². The summed E-state index contributed by atoms with van der Waals surface area (Å²) in [5, 5.41) is 10.7. The molecule has 0 bridgehead atoms. The highest BCUT2D eigenvalue weighted by atomic mass is 31.2. The Labute approximate surface area is 644 Å². The van der Waals surface area contributed by atoms with Gasteiger partial charge in [0, 0.05) is 25.7 Å². The Morgan fingerprint density at radius 3 is 0.792 bits per heavy atom. The van der Waals surface area contributed by atoms with E-state index in [1.807, 2.05) is 0 Å². The fourth-order valence-corrected chi connectivity index (χ4v) is 12.3. The molecule has 0 rings (SSSR count). The zero-order valence-electron chi connectivity index (χ0n) is 66.6. The average Bonchev–Trinajstić information content (AvgIpc) is 0.903. The molecule has 0 heterocycles. The van der Waals surface area contributed by atoms with Crippen molar-refractivity contribution in [2.45, 2.75) is 354 Å². The third-order valence-electron chi connectivity index (χ3n) is 17.0. The summed E-state index contributed by atoms with van der Waals surface area (Å²) in [6.07, 6.45) is 88.4. The first-order valence-corrected chi connectivity index (χ1v) is 44.4. The van der Waals surface area contributed by atoms with Crippen LogP contribution in [0.3, 0.4) is 0 Å². The first kappa shape index (κ1) is 101. The van der Waals surface area contributed by atoms with Crippen molar-refractivity contribution in [3.63, 3.8) is 0 Å². The van der Waals surface area contributed by atoms with Crippen molar-refractivity contribution in [3.05, 3.63) is 134 Å². The largest absolute Gasteiger partial charge is 0.472 e. The van der Waals surface area contributed by atoms with Gasteiger partial charge in [-0.2, -0.15) is 0 Å². The average molecular weight is 1530 g/mol. The molecule has 0 aliphatic carbocycles. The number of ether oxygens (including phenoxy) is 4. The summed E-state index contributed by atoms with van der Waals surface area (Å²) in [5.74, 6) is -2.23. The fraction of sp³-hybridized carbons (Fsp3) is 0.701. The van der Waals surface area contributed by atoms with Crippen molar-refractivity contribution in [2.24, 2.45) is 0 Å². The number of hydrogen-bond donors (Lipinski definition) is 3.